The molecule has 0 aliphatic carbocycles. The van der Waals surface area contributed by atoms with E-state index in [0.717, 1.165) is 34.5 Å². The number of para-hydroxylation sites is 1. The predicted molar refractivity (Wildman–Crippen MR) is 118 cm³/mol. The van der Waals surface area contributed by atoms with Crippen LogP contribution in [0.15, 0.2) is 36.4 Å². The van der Waals surface area contributed by atoms with Crippen LogP contribution in [0.4, 0.5) is 5.69 Å². The van der Waals surface area contributed by atoms with Gasteiger partial charge in [-0.3, -0.25) is 4.79 Å². The van der Waals surface area contributed by atoms with E-state index in [1.165, 1.54) is 0 Å². The number of carbonyl (C=O) groups is 1. The molecule has 2 aromatic rings. The van der Waals surface area contributed by atoms with E-state index in [2.05, 4.69) is 12.2 Å². The summed E-state index contributed by atoms with van der Waals surface area (Å²) in [6.07, 6.45) is -0.323. The van der Waals surface area contributed by atoms with Crippen LogP contribution in [0, 0.1) is 0 Å². The molecule has 7 heteroatoms. The summed E-state index contributed by atoms with van der Waals surface area (Å²) in [5.74, 6) is 0.396. The third-order valence-electron chi connectivity index (χ3n) is 4.80. The number of nitrogens with one attached hydrogen (secondary N) is 1. The molecule has 1 heterocycles. The number of hydrogen-bond donors (Lipinski definition) is 1. The second-order valence-electron chi connectivity index (χ2n) is 6.63. The first-order chi connectivity index (χ1) is 14.0. The first kappa shape index (κ1) is 21.6. The third kappa shape index (κ3) is 4.71. The van der Waals surface area contributed by atoms with Gasteiger partial charge < -0.3 is 19.5 Å². The van der Waals surface area contributed by atoms with Gasteiger partial charge in [0.1, 0.15) is 22.9 Å². The van der Waals surface area contributed by atoms with Crippen LogP contribution in [0.1, 0.15) is 43.1 Å². The molecule has 154 valence electrons. The van der Waals surface area contributed by atoms with Gasteiger partial charge in [0, 0.05) is 21.8 Å². The Hall–Kier alpha value is -2.15. The molecular weight excluding hydrogens is 410 g/mol. The number of esters is 1. The minimum absolute atomic E-state index is 0.0215. The van der Waals surface area contributed by atoms with Gasteiger partial charge in [-0.25, -0.2) is 0 Å². The maximum Gasteiger partial charge on any atom is 0.308 e. The Bertz CT molecular complexity index is 918. The van der Waals surface area contributed by atoms with Gasteiger partial charge in [0.2, 0.25) is 0 Å². The Kier molecular flexibility index (Phi) is 7.11. The number of aryl methyl sites for hydroxylation is 1. The van der Waals surface area contributed by atoms with Crippen LogP contribution < -0.4 is 10.1 Å². The maximum absolute atomic E-state index is 12.1. The second-order valence-corrected chi connectivity index (χ2v) is 7.50. The summed E-state index contributed by atoms with van der Waals surface area (Å²) >= 11 is 11.8. The summed E-state index contributed by atoms with van der Waals surface area (Å²) < 4.78 is 17.2. The Morgan fingerprint density at radius 1 is 1.24 bits per heavy atom. The van der Waals surface area contributed by atoms with Gasteiger partial charge in [-0.05, 0) is 37.1 Å². The van der Waals surface area contributed by atoms with Crippen molar-refractivity contribution in [2.75, 3.05) is 19.0 Å². The highest BCUT2D eigenvalue weighted by molar-refractivity contribution is 7.80. The zero-order valence-corrected chi connectivity index (χ0v) is 18.2. The van der Waals surface area contributed by atoms with Crippen molar-refractivity contribution in [1.29, 1.82) is 0 Å². The van der Waals surface area contributed by atoms with E-state index < -0.39 is 12.2 Å². The number of methoxy groups -OCH3 is 1. The van der Waals surface area contributed by atoms with Crippen LogP contribution in [0.2, 0.25) is 5.02 Å². The van der Waals surface area contributed by atoms with Crippen molar-refractivity contribution in [3.05, 3.63) is 58.1 Å². The van der Waals surface area contributed by atoms with Gasteiger partial charge in [-0.15, -0.1) is 0 Å². The van der Waals surface area contributed by atoms with E-state index in [0.29, 0.717) is 16.6 Å². The Morgan fingerprint density at radius 2 is 2.03 bits per heavy atom. The highest BCUT2D eigenvalue weighted by atomic mass is 35.5. The quantitative estimate of drug-likeness (QED) is 0.505. The molecule has 1 aliphatic heterocycles. The summed E-state index contributed by atoms with van der Waals surface area (Å²) in [4.78, 5) is 12.6. The van der Waals surface area contributed by atoms with Crippen molar-refractivity contribution in [2.24, 2.45) is 0 Å². The van der Waals surface area contributed by atoms with E-state index in [-0.39, 0.29) is 12.4 Å². The zero-order valence-electron chi connectivity index (χ0n) is 16.7. The Balaban J connectivity index is 2.10. The molecule has 5 nitrogen and oxygen atoms in total. The lowest BCUT2D eigenvalue weighted by Crippen LogP contribution is -2.31. The van der Waals surface area contributed by atoms with Crippen LogP contribution in [-0.2, 0) is 20.7 Å². The van der Waals surface area contributed by atoms with E-state index in [4.69, 9.17) is 38.0 Å². The molecule has 1 N–H and O–H groups in total. The van der Waals surface area contributed by atoms with Gasteiger partial charge in [0.05, 0.1) is 20.1 Å². The number of ether oxygens (including phenoxy) is 3. The SMILES string of the molecule is CCOC(=O)C[C@H]1O[C@H](c2cccc(CC)c2OC)c2cc(Cl)ccc2NC1=S. The van der Waals surface area contributed by atoms with Gasteiger partial charge in [0.25, 0.3) is 0 Å². The number of carbonyl (C=O) groups excluding carboxylic acids is 1. The predicted octanol–water partition coefficient (Wildman–Crippen LogP) is 5.09. The van der Waals surface area contributed by atoms with Crippen LogP contribution in [0.25, 0.3) is 0 Å². The molecule has 0 spiro atoms. The number of fused-ring (bicyclic) bond motifs is 1. The lowest BCUT2D eigenvalue weighted by molar-refractivity contribution is -0.145. The number of benzene rings is 2. The average Bonchev–Trinajstić information content (AvgIpc) is 2.84. The first-order valence-corrected chi connectivity index (χ1v) is 10.3. The number of rotatable bonds is 6. The number of hydrogen-bond acceptors (Lipinski definition) is 5. The highest BCUT2D eigenvalue weighted by Crippen LogP contribution is 2.42. The van der Waals surface area contributed by atoms with Crippen molar-refractivity contribution in [1.82, 2.24) is 0 Å². The summed E-state index contributed by atoms with van der Waals surface area (Å²) in [6.45, 7) is 4.14. The number of halogens is 1. The largest absolute Gasteiger partial charge is 0.496 e. The molecule has 0 radical (unpaired) electrons. The van der Waals surface area contributed by atoms with Crippen molar-refractivity contribution in [3.63, 3.8) is 0 Å². The fraction of sp³-hybridized carbons (Fsp3) is 0.364. The van der Waals surface area contributed by atoms with E-state index >= 15 is 0 Å². The lowest BCUT2D eigenvalue weighted by atomic mass is 9.96. The Morgan fingerprint density at radius 3 is 2.72 bits per heavy atom. The first-order valence-electron chi connectivity index (χ1n) is 9.55. The monoisotopic (exact) mass is 433 g/mol. The highest BCUT2D eigenvalue weighted by Gasteiger charge is 2.33. The van der Waals surface area contributed by atoms with E-state index in [1.54, 1.807) is 20.1 Å². The molecule has 0 saturated heterocycles. The fourth-order valence-electron chi connectivity index (χ4n) is 3.47. The van der Waals surface area contributed by atoms with Gasteiger partial charge in [-0.1, -0.05) is 48.9 Å². The van der Waals surface area contributed by atoms with Crippen LogP contribution >= 0.6 is 23.8 Å². The summed E-state index contributed by atoms with van der Waals surface area (Å²) in [7, 11) is 1.65. The molecule has 0 unspecified atom stereocenters. The standard InChI is InChI=1S/C22H24ClNO4S/c1-4-13-7-6-8-15(20(13)26-3)21-16-11-14(23)9-10-17(16)24-22(29)18(28-21)12-19(25)27-5-2/h6-11,18,21H,4-5,12H2,1-3H3,(H,24,29)/t18-,21-/m1/s1. The molecular formula is C22H24ClNO4S. The molecule has 1 aliphatic rings. The average molecular weight is 434 g/mol. The minimum Gasteiger partial charge on any atom is -0.496 e. The van der Waals surface area contributed by atoms with Gasteiger partial charge in [0.15, 0.2) is 0 Å². The zero-order chi connectivity index (χ0) is 21.0. The van der Waals surface area contributed by atoms with Crippen molar-refractivity contribution < 1.29 is 19.0 Å². The number of anilines is 1. The maximum atomic E-state index is 12.1. The van der Waals surface area contributed by atoms with Crippen molar-refractivity contribution in [2.45, 2.75) is 38.9 Å². The summed E-state index contributed by atoms with van der Waals surface area (Å²) in [5.41, 5.74) is 3.55. The molecule has 29 heavy (non-hydrogen) atoms. The molecule has 0 fully saturated rings. The number of thiocarbonyl (C=S) groups is 1. The molecule has 0 bridgehead atoms. The van der Waals surface area contributed by atoms with Crippen LogP contribution in [-0.4, -0.2) is 30.8 Å². The lowest BCUT2D eigenvalue weighted by Gasteiger charge is -2.25. The topological polar surface area (TPSA) is 56.8 Å². The third-order valence-corrected chi connectivity index (χ3v) is 5.40. The Labute approximate surface area is 181 Å². The van der Waals surface area contributed by atoms with Crippen LogP contribution in [0.5, 0.6) is 5.75 Å². The summed E-state index contributed by atoms with van der Waals surface area (Å²) in [5, 5.41) is 3.80. The van der Waals surface area contributed by atoms with E-state index in [1.807, 2.05) is 30.3 Å². The second kappa shape index (κ2) is 9.57. The van der Waals surface area contributed by atoms with E-state index in [9.17, 15) is 4.79 Å². The normalized spacial score (nSPS) is 18.4. The molecule has 0 aromatic heterocycles. The molecule has 3 rings (SSSR count). The minimum atomic E-state index is -0.643. The van der Waals surface area contributed by atoms with Gasteiger partial charge >= 0.3 is 5.97 Å². The molecule has 0 amide bonds. The molecule has 2 atom stereocenters. The molecule has 0 saturated carbocycles. The van der Waals surface area contributed by atoms with Crippen LogP contribution in [0.3, 0.4) is 0 Å². The van der Waals surface area contributed by atoms with Crippen molar-refractivity contribution >= 4 is 40.5 Å². The van der Waals surface area contributed by atoms with Gasteiger partial charge in [-0.2, -0.15) is 0 Å². The fourth-order valence-corrected chi connectivity index (χ4v) is 3.90. The smallest absolute Gasteiger partial charge is 0.308 e. The van der Waals surface area contributed by atoms with Crippen molar-refractivity contribution in [3.8, 4) is 5.75 Å². The molecule has 2 aromatic carbocycles. The summed E-state index contributed by atoms with van der Waals surface area (Å²) in [6, 6.07) is 11.5.